The highest BCUT2D eigenvalue weighted by Gasteiger charge is 2.52. The van der Waals surface area contributed by atoms with E-state index in [2.05, 4.69) is 48.8 Å². The Bertz CT molecular complexity index is 1110. The second-order valence-corrected chi connectivity index (χ2v) is 13.1. The van der Waals surface area contributed by atoms with Crippen LogP contribution in [0, 0.1) is 17.3 Å². The minimum Gasteiger partial charge on any atom is -0.393 e. The molecule has 1 aromatic carbocycles. The summed E-state index contributed by atoms with van der Waals surface area (Å²) in [6.07, 6.45) is 12.2. The van der Waals surface area contributed by atoms with Gasteiger partial charge in [0.2, 0.25) is 5.91 Å². The van der Waals surface area contributed by atoms with Crippen molar-refractivity contribution in [3.63, 3.8) is 0 Å². The topological polar surface area (TPSA) is 60.9 Å². The van der Waals surface area contributed by atoms with Gasteiger partial charge in [-0.3, -0.25) is 9.59 Å². The van der Waals surface area contributed by atoms with Crippen molar-refractivity contribution in [3.8, 4) is 0 Å². The van der Waals surface area contributed by atoms with Gasteiger partial charge in [-0.2, -0.15) is 0 Å². The van der Waals surface area contributed by atoms with Crippen molar-refractivity contribution in [1.82, 2.24) is 9.80 Å². The Kier molecular flexibility index (Phi) is 8.78. The van der Waals surface area contributed by atoms with Gasteiger partial charge in [0.15, 0.2) is 0 Å². The molecule has 0 radical (unpaired) electrons. The zero-order valence-electron chi connectivity index (χ0n) is 24.2. The van der Waals surface area contributed by atoms with Crippen LogP contribution in [0.3, 0.4) is 0 Å². The quantitative estimate of drug-likeness (QED) is 0.352. The van der Waals surface area contributed by atoms with Crippen LogP contribution < -0.4 is 0 Å². The van der Waals surface area contributed by atoms with E-state index < -0.39 is 0 Å². The zero-order valence-corrected chi connectivity index (χ0v) is 24.9. The Morgan fingerprint density at radius 1 is 1.15 bits per heavy atom. The third-order valence-corrected chi connectivity index (χ3v) is 10.2. The van der Waals surface area contributed by atoms with Gasteiger partial charge in [-0.05, 0) is 86.0 Å². The molecular weight excluding hydrogens is 508 g/mol. The number of aliphatic hydroxyl groups excluding tert-OH is 1. The summed E-state index contributed by atoms with van der Waals surface area (Å²) in [6.45, 7) is 8.79. The van der Waals surface area contributed by atoms with E-state index in [0.29, 0.717) is 38.0 Å². The van der Waals surface area contributed by atoms with Crippen molar-refractivity contribution < 1.29 is 14.7 Å². The molecular formula is C33H47ClN2O3. The molecule has 2 saturated carbocycles. The number of hydrogen-bond acceptors (Lipinski definition) is 4. The van der Waals surface area contributed by atoms with E-state index in [1.54, 1.807) is 0 Å². The van der Waals surface area contributed by atoms with Crippen molar-refractivity contribution in [2.24, 2.45) is 17.3 Å². The predicted octanol–water partition coefficient (Wildman–Crippen LogP) is 6.64. The number of carbonyl (C=O) groups excluding carboxylic acids is 2. The van der Waals surface area contributed by atoms with Crippen LogP contribution in [0.2, 0.25) is 5.02 Å². The number of halogens is 1. The molecule has 214 valence electrons. The molecule has 1 aromatic rings. The summed E-state index contributed by atoms with van der Waals surface area (Å²) in [4.78, 5) is 31.3. The Balaban J connectivity index is 1.57. The van der Waals surface area contributed by atoms with E-state index in [9.17, 15) is 14.7 Å². The summed E-state index contributed by atoms with van der Waals surface area (Å²) in [7, 11) is 0. The van der Waals surface area contributed by atoms with Crippen molar-refractivity contribution >= 4 is 23.3 Å². The van der Waals surface area contributed by atoms with Gasteiger partial charge in [-0.25, -0.2) is 0 Å². The summed E-state index contributed by atoms with van der Waals surface area (Å²) in [5.74, 6) is 0.578. The number of aliphatic hydroxyl groups is 1. The molecule has 0 bridgehead atoms. The number of hydrogen-bond donors (Lipinski definition) is 1. The second-order valence-electron chi connectivity index (χ2n) is 12.7. The maximum absolute atomic E-state index is 13.4. The van der Waals surface area contributed by atoms with Crippen LogP contribution in [0.25, 0.3) is 0 Å². The third kappa shape index (κ3) is 5.81. The molecule has 1 N–H and O–H groups in total. The maximum atomic E-state index is 13.4. The number of carbonyl (C=O) groups is 2. The number of Topliss-reactive ketones (excluding diaryl/α,β-unsaturated/α-hetero) is 1. The average Bonchev–Trinajstić information content (AvgIpc) is 3.59. The lowest BCUT2D eigenvalue weighted by Gasteiger charge is -2.47. The number of ketones is 1. The van der Waals surface area contributed by atoms with Crippen LogP contribution in [0.5, 0.6) is 0 Å². The number of allylic oxidation sites excluding steroid dienone is 2. The number of amides is 1. The molecule has 4 aliphatic rings. The monoisotopic (exact) mass is 554 g/mol. The second kappa shape index (κ2) is 11.9. The van der Waals surface area contributed by atoms with E-state index in [4.69, 9.17) is 11.6 Å². The fourth-order valence-electron chi connectivity index (χ4n) is 7.74. The molecule has 1 saturated heterocycles. The molecule has 2 aliphatic carbocycles. The van der Waals surface area contributed by atoms with Crippen molar-refractivity contribution in [3.05, 3.63) is 45.6 Å². The summed E-state index contributed by atoms with van der Waals surface area (Å²) < 4.78 is 0. The first-order valence-corrected chi connectivity index (χ1v) is 15.9. The summed E-state index contributed by atoms with van der Waals surface area (Å²) in [5, 5.41) is 11.6. The molecule has 1 amide bonds. The SMILES string of the molecule is CC/C=C(/C1CC(O)CCC1C(=O)CCC)N1CCc2c(Cl)ccc(CCC)c2C1CN1CC2(CC2)CC1=O. The van der Waals surface area contributed by atoms with E-state index in [-0.39, 0.29) is 35.3 Å². The van der Waals surface area contributed by atoms with E-state index in [1.807, 2.05) is 0 Å². The van der Waals surface area contributed by atoms with Crippen LogP contribution >= 0.6 is 11.6 Å². The first-order chi connectivity index (χ1) is 18.8. The molecule has 5 nitrogen and oxygen atoms in total. The van der Waals surface area contributed by atoms with E-state index in [0.717, 1.165) is 69.5 Å². The smallest absolute Gasteiger partial charge is 0.223 e. The van der Waals surface area contributed by atoms with Gasteiger partial charge in [0.05, 0.1) is 12.1 Å². The Morgan fingerprint density at radius 3 is 2.62 bits per heavy atom. The highest BCUT2D eigenvalue weighted by Crippen LogP contribution is 2.54. The Morgan fingerprint density at radius 2 is 1.95 bits per heavy atom. The largest absolute Gasteiger partial charge is 0.393 e. The molecule has 2 aliphatic heterocycles. The average molecular weight is 555 g/mol. The first-order valence-electron chi connectivity index (χ1n) is 15.6. The van der Waals surface area contributed by atoms with Crippen LogP contribution in [0.4, 0.5) is 0 Å². The van der Waals surface area contributed by atoms with Gasteiger partial charge >= 0.3 is 0 Å². The molecule has 5 rings (SSSR count). The van der Waals surface area contributed by atoms with Gasteiger partial charge in [0.1, 0.15) is 5.78 Å². The number of fused-ring (bicyclic) bond motifs is 1. The molecule has 2 heterocycles. The van der Waals surface area contributed by atoms with E-state index >= 15 is 0 Å². The van der Waals surface area contributed by atoms with Gasteiger partial charge in [-0.1, -0.05) is 50.9 Å². The lowest BCUT2D eigenvalue weighted by atomic mass is 9.72. The van der Waals surface area contributed by atoms with E-state index in [1.165, 1.54) is 22.4 Å². The summed E-state index contributed by atoms with van der Waals surface area (Å²) >= 11 is 6.84. The molecule has 39 heavy (non-hydrogen) atoms. The molecule has 4 atom stereocenters. The molecule has 1 spiro atoms. The zero-order chi connectivity index (χ0) is 27.7. The number of nitrogens with zero attached hydrogens (tertiary/aromatic N) is 2. The van der Waals surface area contributed by atoms with Crippen LogP contribution in [0.1, 0.15) is 108 Å². The summed E-state index contributed by atoms with van der Waals surface area (Å²) in [5.41, 5.74) is 5.28. The minimum atomic E-state index is -0.378. The lowest BCUT2D eigenvalue weighted by Crippen LogP contribution is -2.46. The van der Waals surface area contributed by atoms with Gasteiger partial charge < -0.3 is 14.9 Å². The van der Waals surface area contributed by atoms with Gasteiger partial charge in [0.25, 0.3) is 0 Å². The fourth-order valence-corrected chi connectivity index (χ4v) is 8.00. The number of rotatable bonds is 10. The molecule has 4 unspecified atom stereocenters. The van der Waals surface area contributed by atoms with Gasteiger partial charge in [-0.15, -0.1) is 0 Å². The van der Waals surface area contributed by atoms with Crippen LogP contribution in [-0.2, 0) is 22.4 Å². The lowest BCUT2D eigenvalue weighted by molar-refractivity contribution is -0.128. The van der Waals surface area contributed by atoms with Crippen LogP contribution in [0.15, 0.2) is 23.9 Å². The number of likely N-dealkylation sites (tertiary alicyclic amines) is 1. The van der Waals surface area contributed by atoms with Crippen LogP contribution in [-0.4, -0.2) is 52.3 Å². The van der Waals surface area contributed by atoms with Crippen molar-refractivity contribution in [1.29, 1.82) is 0 Å². The third-order valence-electron chi connectivity index (χ3n) is 9.83. The molecule has 3 fully saturated rings. The number of benzene rings is 1. The Hall–Kier alpha value is -1.85. The molecule has 0 aromatic heterocycles. The van der Waals surface area contributed by atoms with Crippen molar-refractivity contribution in [2.75, 3.05) is 19.6 Å². The van der Waals surface area contributed by atoms with Gasteiger partial charge in [0, 0.05) is 55.0 Å². The highest BCUT2D eigenvalue weighted by molar-refractivity contribution is 6.31. The standard InChI is InChI=1S/C33H47ClN2O3/c1-4-7-22-10-13-27(34)25-14-17-36(29(32(22)25)20-35-21-33(15-16-33)19-31(35)39)28(8-5-2)26-18-23(37)11-12-24(26)30(38)9-6-3/h8,10,13,23-24,26,29,37H,4-7,9,11-12,14-21H2,1-3H3/b28-8-. The fraction of sp³-hybridized carbons (Fsp3) is 0.697. The predicted molar refractivity (Wildman–Crippen MR) is 157 cm³/mol. The highest BCUT2D eigenvalue weighted by atomic mass is 35.5. The normalized spacial score (nSPS) is 28.2. The Labute approximate surface area is 240 Å². The molecule has 6 heteroatoms. The van der Waals surface area contributed by atoms with Crippen molar-refractivity contribution in [2.45, 2.75) is 110 Å². The maximum Gasteiger partial charge on any atom is 0.223 e. The summed E-state index contributed by atoms with van der Waals surface area (Å²) in [6, 6.07) is 4.25. The minimum absolute atomic E-state index is 0.00523. The number of aryl methyl sites for hydroxylation is 1. The first kappa shape index (κ1) is 28.7.